The first-order chi connectivity index (χ1) is 13.7. The summed E-state index contributed by atoms with van der Waals surface area (Å²) in [5, 5.41) is 19.7. The van der Waals surface area contributed by atoms with E-state index in [9.17, 15) is 14.9 Å². The Bertz CT molecular complexity index is 762. The second-order valence-electron chi connectivity index (χ2n) is 7.96. The van der Waals surface area contributed by atoms with Crippen molar-refractivity contribution < 1.29 is 19.2 Å². The number of non-ortho nitro benzene ring substituents is 1. The molecule has 1 aliphatic rings. The highest BCUT2D eigenvalue weighted by Crippen LogP contribution is 2.20. The van der Waals surface area contributed by atoms with Crippen LogP contribution >= 0.6 is 13.5 Å². The summed E-state index contributed by atoms with van der Waals surface area (Å²) in [4.78, 5) is 26.9. The summed E-state index contributed by atoms with van der Waals surface area (Å²) in [7, 11) is 0. The Hall–Kier alpha value is -2.35. The highest BCUT2D eigenvalue weighted by molar-refractivity contribution is 7.59. The molecular weight excluding hydrogens is 408 g/mol. The first-order valence-corrected chi connectivity index (χ1v) is 9.59. The molecule has 1 unspecified atom stereocenters. The lowest BCUT2D eigenvalue weighted by Gasteiger charge is -2.41. The molecule has 1 heterocycles. The summed E-state index contributed by atoms with van der Waals surface area (Å²) in [6.45, 7) is 8.18. The minimum absolute atomic E-state index is 0. The summed E-state index contributed by atoms with van der Waals surface area (Å²) in [5.74, 6) is 0. The van der Waals surface area contributed by atoms with Crippen molar-refractivity contribution in [3.8, 4) is 6.07 Å². The number of piperazine rings is 1. The van der Waals surface area contributed by atoms with Crippen LogP contribution in [0.3, 0.4) is 0 Å². The Balaban J connectivity index is 0.00000450. The zero-order chi connectivity index (χ0) is 21.4. The van der Waals surface area contributed by atoms with Crippen LogP contribution in [0, 0.1) is 21.4 Å². The Kier molecular flexibility index (Phi) is 10.0. The van der Waals surface area contributed by atoms with Gasteiger partial charge in [-0.1, -0.05) is 12.1 Å². The summed E-state index contributed by atoms with van der Waals surface area (Å²) in [6, 6.07) is 8.48. The van der Waals surface area contributed by atoms with Gasteiger partial charge in [0.1, 0.15) is 5.60 Å². The molecule has 1 atom stereocenters. The van der Waals surface area contributed by atoms with E-state index in [0.29, 0.717) is 45.8 Å². The molecule has 0 N–H and O–H groups in total. The monoisotopic (exact) mass is 438 g/mol. The molecule has 30 heavy (non-hydrogen) atoms. The number of ether oxygens (including phenoxy) is 2. The lowest BCUT2D eigenvalue weighted by molar-refractivity contribution is -0.384. The minimum atomic E-state index is -0.573. The van der Waals surface area contributed by atoms with Crippen LogP contribution < -0.4 is 0 Å². The maximum Gasteiger partial charge on any atom is 0.410 e. The molecule has 0 aromatic heterocycles. The molecule has 1 amide bonds. The number of nitriles is 1. The van der Waals surface area contributed by atoms with E-state index in [1.54, 1.807) is 17.0 Å². The summed E-state index contributed by atoms with van der Waals surface area (Å²) >= 11 is 0. The summed E-state index contributed by atoms with van der Waals surface area (Å²) in [6.07, 6.45) is -0.0672. The number of hydrogen-bond donors (Lipinski definition) is 0. The SMILES string of the molecule is CC(C)(C)OC(=O)N1CCN(Cc2cccc([N+](=O)[O-])c2)C(COCCC#N)C1.S. The summed E-state index contributed by atoms with van der Waals surface area (Å²) < 4.78 is 11.1. The molecule has 9 nitrogen and oxygen atoms in total. The average Bonchev–Trinajstić information content (AvgIpc) is 2.65. The van der Waals surface area contributed by atoms with E-state index in [0.717, 1.165) is 5.56 Å². The molecule has 0 spiro atoms. The van der Waals surface area contributed by atoms with Crippen molar-refractivity contribution in [2.45, 2.75) is 45.4 Å². The molecule has 1 aromatic carbocycles. The van der Waals surface area contributed by atoms with Crippen LogP contribution in [0.1, 0.15) is 32.8 Å². The van der Waals surface area contributed by atoms with Crippen LogP contribution in [0.15, 0.2) is 24.3 Å². The van der Waals surface area contributed by atoms with Gasteiger partial charge in [0.15, 0.2) is 0 Å². The molecule has 1 aliphatic heterocycles. The molecule has 0 saturated carbocycles. The fourth-order valence-corrected chi connectivity index (χ4v) is 3.09. The van der Waals surface area contributed by atoms with Gasteiger partial charge in [-0.3, -0.25) is 15.0 Å². The third-order valence-electron chi connectivity index (χ3n) is 4.43. The van der Waals surface area contributed by atoms with Crippen LogP contribution in [0.25, 0.3) is 0 Å². The van der Waals surface area contributed by atoms with Crippen molar-refractivity contribution in [1.82, 2.24) is 9.80 Å². The first kappa shape index (κ1) is 25.7. The Morgan fingerprint density at radius 2 is 2.10 bits per heavy atom. The fourth-order valence-electron chi connectivity index (χ4n) is 3.09. The van der Waals surface area contributed by atoms with Gasteiger partial charge in [-0.15, -0.1) is 0 Å². The van der Waals surface area contributed by atoms with Crippen molar-refractivity contribution in [3.05, 3.63) is 39.9 Å². The van der Waals surface area contributed by atoms with Crippen LogP contribution in [-0.4, -0.2) is 65.3 Å². The molecule has 2 rings (SSSR count). The van der Waals surface area contributed by atoms with Crippen LogP contribution in [0.5, 0.6) is 0 Å². The molecule has 166 valence electrons. The van der Waals surface area contributed by atoms with Gasteiger partial charge >= 0.3 is 6.09 Å². The number of carbonyl (C=O) groups is 1. The molecule has 1 saturated heterocycles. The molecule has 0 radical (unpaired) electrons. The van der Waals surface area contributed by atoms with E-state index in [4.69, 9.17) is 14.7 Å². The largest absolute Gasteiger partial charge is 0.444 e. The third-order valence-corrected chi connectivity index (χ3v) is 4.43. The highest BCUT2D eigenvalue weighted by Gasteiger charge is 2.32. The van der Waals surface area contributed by atoms with Crippen LogP contribution in [0.4, 0.5) is 10.5 Å². The lowest BCUT2D eigenvalue weighted by atomic mass is 10.1. The molecule has 0 bridgehead atoms. The van der Waals surface area contributed by atoms with Gasteiger partial charge in [-0.2, -0.15) is 18.8 Å². The van der Waals surface area contributed by atoms with Crippen molar-refractivity contribution >= 4 is 25.3 Å². The number of carbonyl (C=O) groups excluding carboxylic acids is 1. The van der Waals surface area contributed by atoms with Gasteiger partial charge in [0.25, 0.3) is 5.69 Å². The normalized spacial score (nSPS) is 17.0. The van der Waals surface area contributed by atoms with Crippen molar-refractivity contribution in [2.24, 2.45) is 0 Å². The zero-order valence-electron chi connectivity index (χ0n) is 17.7. The number of benzene rings is 1. The van der Waals surface area contributed by atoms with Crippen molar-refractivity contribution in [2.75, 3.05) is 32.8 Å². The molecule has 1 fully saturated rings. The van der Waals surface area contributed by atoms with Gasteiger partial charge < -0.3 is 14.4 Å². The maximum absolute atomic E-state index is 12.4. The molecule has 1 aromatic rings. The maximum atomic E-state index is 12.4. The average molecular weight is 439 g/mol. The quantitative estimate of drug-likeness (QED) is 0.366. The fraction of sp³-hybridized carbons (Fsp3) is 0.600. The van der Waals surface area contributed by atoms with Crippen molar-refractivity contribution in [1.29, 1.82) is 5.26 Å². The smallest absolute Gasteiger partial charge is 0.410 e. The van der Waals surface area contributed by atoms with E-state index in [1.165, 1.54) is 6.07 Å². The predicted octanol–water partition coefficient (Wildman–Crippen LogP) is 3.06. The number of nitro groups is 1. The van der Waals surface area contributed by atoms with Gasteiger partial charge in [0.2, 0.25) is 0 Å². The van der Waals surface area contributed by atoms with Gasteiger partial charge in [0, 0.05) is 38.3 Å². The first-order valence-electron chi connectivity index (χ1n) is 9.59. The standard InChI is InChI=1S/C20H28N4O5.H2S/c1-20(2,3)29-19(25)23-10-9-22(18(14-23)15-28-11-5-8-21)13-16-6-4-7-17(12-16)24(26)27;/h4,6-7,12,18H,5,9-11,13-15H2,1-3H3;1H2. The van der Waals surface area contributed by atoms with E-state index >= 15 is 0 Å². The molecule has 10 heteroatoms. The summed E-state index contributed by atoms with van der Waals surface area (Å²) in [5.41, 5.74) is 0.305. The van der Waals surface area contributed by atoms with Crippen molar-refractivity contribution in [3.63, 3.8) is 0 Å². The predicted molar refractivity (Wildman–Crippen MR) is 117 cm³/mol. The number of rotatable bonds is 7. The zero-order valence-corrected chi connectivity index (χ0v) is 18.7. The Labute approximate surface area is 184 Å². The number of hydrogen-bond acceptors (Lipinski definition) is 7. The van der Waals surface area contributed by atoms with Gasteiger partial charge in [-0.25, -0.2) is 4.79 Å². The van der Waals surface area contributed by atoms with E-state index in [2.05, 4.69) is 4.90 Å². The Morgan fingerprint density at radius 3 is 2.73 bits per heavy atom. The number of amides is 1. The highest BCUT2D eigenvalue weighted by atomic mass is 32.1. The molecule has 0 aliphatic carbocycles. The van der Waals surface area contributed by atoms with E-state index in [-0.39, 0.29) is 31.3 Å². The molecular formula is C20H30N4O5S. The Morgan fingerprint density at radius 1 is 1.37 bits per heavy atom. The second kappa shape index (κ2) is 11.7. The minimum Gasteiger partial charge on any atom is -0.444 e. The lowest BCUT2D eigenvalue weighted by Crippen LogP contribution is -2.56. The van der Waals surface area contributed by atoms with Crippen LogP contribution in [0.2, 0.25) is 0 Å². The second-order valence-corrected chi connectivity index (χ2v) is 7.96. The third kappa shape index (κ3) is 8.18. The number of nitrogens with zero attached hydrogens (tertiary/aromatic N) is 4. The van der Waals surface area contributed by atoms with Gasteiger partial charge in [0.05, 0.1) is 36.7 Å². The van der Waals surface area contributed by atoms with Crippen LogP contribution in [-0.2, 0) is 16.0 Å². The number of nitro benzene ring substituents is 1. The van der Waals surface area contributed by atoms with E-state index in [1.807, 2.05) is 32.9 Å². The van der Waals surface area contributed by atoms with Gasteiger partial charge in [-0.05, 0) is 26.3 Å². The topological polar surface area (TPSA) is 109 Å². The van der Waals surface area contributed by atoms with E-state index < -0.39 is 10.5 Å².